The van der Waals surface area contributed by atoms with E-state index in [2.05, 4.69) is 15.0 Å². The molecule has 1 aromatic carbocycles. The smallest absolute Gasteiger partial charge is 0.263 e. The largest absolute Gasteiger partial charge is 0.481 e. The Kier molecular flexibility index (Phi) is 6.18. The van der Waals surface area contributed by atoms with Gasteiger partial charge in [-0.25, -0.2) is 9.97 Å². The molecule has 3 aromatic rings. The molecule has 1 fully saturated rings. The number of nitrogens with one attached hydrogen (secondary N) is 1. The number of ether oxygens (including phenoxy) is 1. The number of carbonyl (C=O) groups is 1. The fraction of sp³-hybridized carbons (Fsp3) is 0.391. The van der Waals surface area contributed by atoms with Crippen LogP contribution in [0.25, 0.3) is 10.7 Å². The zero-order chi connectivity index (χ0) is 22.0. The summed E-state index contributed by atoms with van der Waals surface area (Å²) in [6.07, 6.45) is 2.64. The summed E-state index contributed by atoms with van der Waals surface area (Å²) in [6.45, 7) is 7.03. The van der Waals surface area contributed by atoms with E-state index in [9.17, 15) is 9.59 Å². The highest BCUT2D eigenvalue weighted by Gasteiger charge is 2.29. The van der Waals surface area contributed by atoms with Crippen molar-refractivity contribution in [3.8, 4) is 16.5 Å². The molecule has 1 amide bonds. The van der Waals surface area contributed by atoms with E-state index in [4.69, 9.17) is 4.74 Å². The van der Waals surface area contributed by atoms with Crippen molar-refractivity contribution in [2.45, 2.75) is 45.6 Å². The van der Waals surface area contributed by atoms with Crippen LogP contribution in [0.2, 0.25) is 0 Å². The van der Waals surface area contributed by atoms with Gasteiger partial charge in [-0.2, -0.15) is 0 Å². The molecule has 0 unspecified atom stereocenters. The van der Waals surface area contributed by atoms with Crippen molar-refractivity contribution in [1.29, 1.82) is 0 Å². The van der Waals surface area contributed by atoms with E-state index in [1.807, 2.05) is 42.3 Å². The number of carbonyl (C=O) groups excluding carboxylic acids is 1. The molecule has 1 atom stereocenters. The van der Waals surface area contributed by atoms with E-state index in [1.54, 1.807) is 13.1 Å². The number of likely N-dealkylation sites (tertiary alicyclic amines) is 1. The van der Waals surface area contributed by atoms with Gasteiger partial charge in [-0.15, -0.1) is 11.3 Å². The molecule has 1 N–H and O–H groups in total. The summed E-state index contributed by atoms with van der Waals surface area (Å²) in [5.41, 5.74) is 2.61. The predicted octanol–water partition coefficient (Wildman–Crippen LogP) is 3.68. The molecule has 1 aliphatic heterocycles. The molecule has 1 saturated heterocycles. The fourth-order valence-corrected chi connectivity index (χ4v) is 4.53. The van der Waals surface area contributed by atoms with E-state index >= 15 is 0 Å². The number of benzene rings is 1. The first-order valence-electron chi connectivity index (χ1n) is 10.4. The summed E-state index contributed by atoms with van der Waals surface area (Å²) in [6, 6.07) is 7.43. The predicted molar refractivity (Wildman–Crippen MR) is 121 cm³/mol. The average Bonchev–Trinajstić information content (AvgIpc) is 3.30. The number of hydrogen-bond donors (Lipinski definition) is 1. The SMILES string of the molecule is Cc1ccc(O[C@H](C)C(=O)N2CCC(c3nc(-c4nccs4)cc(=O)[nH]3)CC2)c(C)c1. The lowest BCUT2D eigenvalue weighted by atomic mass is 9.95. The van der Waals surface area contributed by atoms with Gasteiger partial charge in [-0.05, 0) is 45.2 Å². The standard InChI is InChI=1S/C23H26N4O3S/c1-14-4-5-19(15(2)12-14)30-16(3)23(29)27-9-6-17(7-10-27)21-25-18(13-20(28)26-21)22-24-8-11-31-22/h4-5,8,11-13,16-17H,6-7,9-10H2,1-3H3,(H,25,26,28)/t16-/m1/s1. The second-order valence-electron chi connectivity index (χ2n) is 7.98. The molecule has 31 heavy (non-hydrogen) atoms. The lowest BCUT2D eigenvalue weighted by Crippen LogP contribution is -2.44. The van der Waals surface area contributed by atoms with Crippen LogP contribution in [-0.2, 0) is 4.79 Å². The molecule has 0 saturated carbocycles. The molecule has 8 heteroatoms. The van der Waals surface area contributed by atoms with Gasteiger partial charge in [0, 0.05) is 36.7 Å². The third-order valence-electron chi connectivity index (χ3n) is 5.59. The van der Waals surface area contributed by atoms with E-state index in [1.165, 1.54) is 17.4 Å². The Morgan fingerprint density at radius 3 is 2.71 bits per heavy atom. The summed E-state index contributed by atoms with van der Waals surface area (Å²) >= 11 is 1.46. The number of nitrogens with zero attached hydrogens (tertiary/aromatic N) is 3. The van der Waals surface area contributed by atoms with E-state index in [0.29, 0.717) is 24.6 Å². The van der Waals surface area contributed by atoms with Crippen LogP contribution in [0.1, 0.15) is 42.6 Å². The van der Waals surface area contributed by atoms with E-state index < -0.39 is 6.10 Å². The minimum absolute atomic E-state index is 0.0172. The van der Waals surface area contributed by atoms with Crippen LogP contribution >= 0.6 is 11.3 Å². The minimum atomic E-state index is -0.552. The van der Waals surface area contributed by atoms with E-state index in [0.717, 1.165) is 34.7 Å². The first-order valence-corrected chi connectivity index (χ1v) is 11.3. The lowest BCUT2D eigenvalue weighted by molar-refractivity contribution is -0.139. The number of aromatic nitrogens is 3. The van der Waals surface area contributed by atoms with Crippen molar-refractivity contribution in [2.75, 3.05) is 13.1 Å². The van der Waals surface area contributed by atoms with Crippen molar-refractivity contribution < 1.29 is 9.53 Å². The second-order valence-corrected chi connectivity index (χ2v) is 8.88. The van der Waals surface area contributed by atoms with Crippen molar-refractivity contribution in [3.63, 3.8) is 0 Å². The maximum Gasteiger partial charge on any atom is 0.263 e. The summed E-state index contributed by atoms with van der Waals surface area (Å²) in [5.74, 6) is 1.50. The maximum atomic E-state index is 12.9. The van der Waals surface area contributed by atoms with Crippen LogP contribution in [0.15, 0.2) is 40.6 Å². The number of hydrogen-bond acceptors (Lipinski definition) is 6. The zero-order valence-electron chi connectivity index (χ0n) is 17.9. The zero-order valence-corrected chi connectivity index (χ0v) is 18.7. The van der Waals surface area contributed by atoms with Gasteiger partial charge in [0.15, 0.2) is 6.10 Å². The van der Waals surface area contributed by atoms with E-state index in [-0.39, 0.29) is 17.4 Å². The maximum absolute atomic E-state index is 12.9. The Labute approximate surface area is 185 Å². The van der Waals surface area contributed by atoms with Crippen LogP contribution in [0.3, 0.4) is 0 Å². The highest BCUT2D eigenvalue weighted by molar-refractivity contribution is 7.13. The fourth-order valence-electron chi connectivity index (χ4n) is 3.93. The highest BCUT2D eigenvalue weighted by atomic mass is 32.1. The summed E-state index contributed by atoms with van der Waals surface area (Å²) < 4.78 is 5.94. The number of thiazole rings is 1. The third kappa shape index (κ3) is 4.85. The Bertz CT molecular complexity index is 1120. The molecular formula is C23H26N4O3S. The molecule has 2 aromatic heterocycles. The van der Waals surface area contributed by atoms with Gasteiger partial charge in [-0.3, -0.25) is 9.59 Å². The first kappa shape index (κ1) is 21.2. The number of rotatable bonds is 5. The van der Waals surface area contributed by atoms with Gasteiger partial charge >= 0.3 is 0 Å². The second kappa shape index (κ2) is 9.01. The topological polar surface area (TPSA) is 88.2 Å². The Balaban J connectivity index is 1.39. The van der Waals surface area contributed by atoms with Crippen molar-refractivity contribution >= 4 is 17.2 Å². The number of amides is 1. The number of aryl methyl sites for hydroxylation is 2. The van der Waals surface area contributed by atoms with Crippen molar-refractivity contribution in [1.82, 2.24) is 19.9 Å². The van der Waals surface area contributed by atoms with Crippen LogP contribution < -0.4 is 10.3 Å². The molecular weight excluding hydrogens is 412 g/mol. The number of aromatic amines is 1. The van der Waals surface area contributed by atoms with Crippen molar-refractivity contribution in [3.05, 3.63) is 63.1 Å². The summed E-state index contributed by atoms with van der Waals surface area (Å²) in [5, 5.41) is 2.60. The van der Waals surface area contributed by atoms with Gasteiger partial charge in [-0.1, -0.05) is 17.7 Å². The van der Waals surface area contributed by atoms with Gasteiger partial charge in [0.05, 0.1) is 0 Å². The lowest BCUT2D eigenvalue weighted by Gasteiger charge is -2.33. The van der Waals surface area contributed by atoms with Gasteiger partial charge in [0.25, 0.3) is 11.5 Å². The first-order chi connectivity index (χ1) is 14.9. The number of piperidine rings is 1. The quantitative estimate of drug-likeness (QED) is 0.656. The van der Waals surface area contributed by atoms with Gasteiger partial charge < -0.3 is 14.6 Å². The van der Waals surface area contributed by atoms with Crippen LogP contribution in [0.4, 0.5) is 0 Å². The Morgan fingerprint density at radius 1 is 1.26 bits per heavy atom. The normalized spacial score (nSPS) is 15.6. The number of H-pyrrole nitrogens is 1. The van der Waals surface area contributed by atoms with Crippen LogP contribution in [-0.4, -0.2) is 45.0 Å². The molecule has 3 heterocycles. The molecule has 0 spiro atoms. The summed E-state index contributed by atoms with van der Waals surface area (Å²) in [4.78, 5) is 38.6. The molecule has 162 valence electrons. The molecule has 1 aliphatic rings. The van der Waals surface area contributed by atoms with Crippen LogP contribution in [0, 0.1) is 13.8 Å². The Morgan fingerprint density at radius 2 is 2.03 bits per heavy atom. The van der Waals surface area contributed by atoms with Gasteiger partial charge in [0.1, 0.15) is 22.3 Å². The average molecular weight is 439 g/mol. The minimum Gasteiger partial charge on any atom is -0.481 e. The van der Waals surface area contributed by atoms with Gasteiger partial charge in [0.2, 0.25) is 0 Å². The third-order valence-corrected chi connectivity index (χ3v) is 6.38. The molecule has 7 nitrogen and oxygen atoms in total. The highest BCUT2D eigenvalue weighted by Crippen LogP contribution is 2.28. The molecule has 4 rings (SSSR count). The van der Waals surface area contributed by atoms with Crippen LogP contribution in [0.5, 0.6) is 5.75 Å². The summed E-state index contributed by atoms with van der Waals surface area (Å²) in [7, 11) is 0. The molecule has 0 aliphatic carbocycles. The molecule has 0 bridgehead atoms. The molecule has 0 radical (unpaired) electrons. The van der Waals surface area contributed by atoms with Crippen molar-refractivity contribution in [2.24, 2.45) is 0 Å². The Hall–Kier alpha value is -3.00. The monoisotopic (exact) mass is 438 g/mol.